The number of anilines is 1. The molecule has 1 heterocycles. The Morgan fingerprint density at radius 1 is 1.39 bits per heavy atom. The molecule has 0 bridgehead atoms. The van der Waals surface area contributed by atoms with Gasteiger partial charge in [0, 0.05) is 31.2 Å². The number of carbonyl (C=O) groups is 1. The summed E-state index contributed by atoms with van der Waals surface area (Å²) in [5, 5.41) is 9.11. The van der Waals surface area contributed by atoms with Gasteiger partial charge in [-0.05, 0) is 36.1 Å². The van der Waals surface area contributed by atoms with Gasteiger partial charge in [-0.2, -0.15) is 11.8 Å². The molecule has 1 aromatic rings. The molecule has 0 radical (unpaired) electrons. The van der Waals surface area contributed by atoms with Gasteiger partial charge >= 0.3 is 0 Å². The topological polar surface area (TPSA) is 40.5 Å². The SMILES string of the molecule is CSCCc1ccc(N2CC(CO)CC2=O)cc1. The molecule has 1 saturated heterocycles. The van der Waals surface area contributed by atoms with E-state index in [-0.39, 0.29) is 18.4 Å². The van der Waals surface area contributed by atoms with Gasteiger partial charge in [0.1, 0.15) is 0 Å². The van der Waals surface area contributed by atoms with Crippen LogP contribution in [0.2, 0.25) is 0 Å². The van der Waals surface area contributed by atoms with Gasteiger partial charge in [0.15, 0.2) is 0 Å². The molecule has 1 N–H and O–H groups in total. The van der Waals surface area contributed by atoms with Crippen LogP contribution < -0.4 is 4.90 Å². The second-order valence-corrected chi connectivity index (χ2v) is 5.65. The quantitative estimate of drug-likeness (QED) is 0.884. The molecule has 2 rings (SSSR count). The van der Waals surface area contributed by atoms with Gasteiger partial charge in [-0.15, -0.1) is 0 Å². The van der Waals surface area contributed by atoms with Crippen LogP contribution in [0.25, 0.3) is 0 Å². The van der Waals surface area contributed by atoms with E-state index in [4.69, 9.17) is 5.11 Å². The number of nitrogens with zero attached hydrogens (tertiary/aromatic N) is 1. The van der Waals surface area contributed by atoms with Crippen molar-refractivity contribution in [3.63, 3.8) is 0 Å². The van der Waals surface area contributed by atoms with Crippen molar-refractivity contribution in [3.8, 4) is 0 Å². The summed E-state index contributed by atoms with van der Waals surface area (Å²) in [6, 6.07) is 8.19. The number of benzene rings is 1. The second-order valence-electron chi connectivity index (χ2n) is 4.67. The smallest absolute Gasteiger partial charge is 0.227 e. The molecule has 1 fully saturated rings. The van der Waals surface area contributed by atoms with Crippen molar-refractivity contribution in [2.75, 3.05) is 30.1 Å². The Morgan fingerprint density at radius 2 is 2.11 bits per heavy atom. The van der Waals surface area contributed by atoms with Crippen LogP contribution in [0.3, 0.4) is 0 Å². The third kappa shape index (κ3) is 3.06. The van der Waals surface area contributed by atoms with Gasteiger partial charge < -0.3 is 10.0 Å². The van der Waals surface area contributed by atoms with E-state index in [1.54, 1.807) is 4.90 Å². The maximum atomic E-state index is 11.8. The minimum Gasteiger partial charge on any atom is -0.396 e. The molecule has 0 saturated carbocycles. The van der Waals surface area contributed by atoms with Gasteiger partial charge in [-0.3, -0.25) is 4.79 Å². The average Bonchev–Trinajstić information content (AvgIpc) is 2.78. The van der Waals surface area contributed by atoms with Crippen LogP contribution in [-0.2, 0) is 11.2 Å². The summed E-state index contributed by atoms with van der Waals surface area (Å²) in [7, 11) is 0. The van der Waals surface area contributed by atoms with E-state index in [1.807, 2.05) is 23.9 Å². The highest BCUT2D eigenvalue weighted by Gasteiger charge is 2.29. The number of hydrogen-bond donors (Lipinski definition) is 1. The number of rotatable bonds is 5. The molecule has 1 amide bonds. The van der Waals surface area contributed by atoms with Crippen LogP contribution in [0, 0.1) is 5.92 Å². The molecular weight excluding hydrogens is 246 g/mol. The molecule has 3 nitrogen and oxygen atoms in total. The van der Waals surface area contributed by atoms with Crippen LogP contribution in [0.1, 0.15) is 12.0 Å². The number of aliphatic hydroxyl groups is 1. The monoisotopic (exact) mass is 265 g/mol. The van der Waals surface area contributed by atoms with E-state index in [9.17, 15) is 4.79 Å². The van der Waals surface area contributed by atoms with Crippen molar-refractivity contribution in [3.05, 3.63) is 29.8 Å². The van der Waals surface area contributed by atoms with E-state index in [0.29, 0.717) is 13.0 Å². The lowest BCUT2D eigenvalue weighted by Gasteiger charge is -2.16. The van der Waals surface area contributed by atoms with Crippen LogP contribution in [0.15, 0.2) is 24.3 Å². The zero-order chi connectivity index (χ0) is 13.0. The maximum Gasteiger partial charge on any atom is 0.227 e. The number of hydrogen-bond acceptors (Lipinski definition) is 3. The largest absolute Gasteiger partial charge is 0.396 e. The molecule has 1 unspecified atom stereocenters. The first-order valence-corrected chi connectivity index (χ1v) is 7.63. The van der Waals surface area contributed by atoms with Crippen LogP contribution >= 0.6 is 11.8 Å². The predicted molar refractivity (Wildman–Crippen MR) is 76.1 cm³/mol. The first kappa shape index (κ1) is 13.4. The van der Waals surface area contributed by atoms with Crippen molar-refractivity contribution >= 4 is 23.4 Å². The first-order valence-electron chi connectivity index (χ1n) is 6.23. The molecule has 1 aliphatic heterocycles. The van der Waals surface area contributed by atoms with Crippen molar-refractivity contribution < 1.29 is 9.90 Å². The minimum atomic E-state index is 0.0913. The number of amides is 1. The normalized spacial score (nSPS) is 19.6. The van der Waals surface area contributed by atoms with Crippen molar-refractivity contribution in [1.29, 1.82) is 0 Å². The predicted octanol–water partition coefficient (Wildman–Crippen LogP) is 1.94. The zero-order valence-corrected chi connectivity index (χ0v) is 11.4. The van der Waals surface area contributed by atoms with Crippen LogP contribution in [0.5, 0.6) is 0 Å². The van der Waals surface area contributed by atoms with E-state index >= 15 is 0 Å². The van der Waals surface area contributed by atoms with Gasteiger partial charge in [-0.25, -0.2) is 0 Å². The van der Waals surface area contributed by atoms with Gasteiger partial charge in [0.2, 0.25) is 5.91 Å². The highest BCUT2D eigenvalue weighted by atomic mass is 32.2. The molecule has 4 heteroatoms. The standard InChI is InChI=1S/C14H19NO2S/c1-18-7-6-11-2-4-13(5-3-11)15-9-12(10-16)8-14(15)17/h2-5,12,16H,6-10H2,1H3. The van der Waals surface area contributed by atoms with E-state index in [1.165, 1.54) is 5.56 Å². The van der Waals surface area contributed by atoms with E-state index < -0.39 is 0 Å². The van der Waals surface area contributed by atoms with Crippen molar-refractivity contribution in [2.45, 2.75) is 12.8 Å². The Morgan fingerprint density at radius 3 is 2.67 bits per heavy atom. The molecule has 0 aliphatic carbocycles. The lowest BCUT2D eigenvalue weighted by atomic mass is 10.1. The number of carbonyl (C=O) groups excluding carboxylic acids is 1. The zero-order valence-electron chi connectivity index (χ0n) is 10.6. The lowest BCUT2D eigenvalue weighted by Crippen LogP contribution is -2.24. The number of thioether (sulfide) groups is 1. The second kappa shape index (κ2) is 6.25. The minimum absolute atomic E-state index is 0.0913. The first-order chi connectivity index (χ1) is 8.74. The maximum absolute atomic E-state index is 11.8. The summed E-state index contributed by atoms with van der Waals surface area (Å²) in [5.74, 6) is 1.33. The molecule has 1 atom stereocenters. The molecule has 1 aliphatic rings. The summed E-state index contributed by atoms with van der Waals surface area (Å²) < 4.78 is 0. The van der Waals surface area contributed by atoms with Gasteiger partial charge in [0.25, 0.3) is 0 Å². The lowest BCUT2D eigenvalue weighted by molar-refractivity contribution is -0.117. The highest BCUT2D eigenvalue weighted by Crippen LogP contribution is 2.25. The molecular formula is C14H19NO2S. The Bertz CT molecular complexity index is 405. The summed E-state index contributed by atoms with van der Waals surface area (Å²) in [5.41, 5.74) is 2.25. The molecule has 0 aromatic heterocycles. The molecule has 0 spiro atoms. The van der Waals surface area contributed by atoms with Crippen molar-refractivity contribution in [2.24, 2.45) is 5.92 Å². The summed E-state index contributed by atoms with van der Waals surface area (Å²) >= 11 is 1.84. The number of aryl methyl sites for hydroxylation is 1. The van der Waals surface area contributed by atoms with Gasteiger partial charge in [-0.1, -0.05) is 12.1 Å². The van der Waals surface area contributed by atoms with Crippen molar-refractivity contribution in [1.82, 2.24) is 0 Å². The Labute approximate surface area is 112 Å². The third-order valence-electron chi connectivity index (χ3n) is 3.31. The average molecular weight is 265 g/mol. The summed E-state index contributed by atoms with van der Waals surface area (Å²) in [6.45, 7) is 0.730. The summed E-state index contributed by atoms with van der Waals surface area (Å²) in [6.07, 6.45) is 3.63. The van der Waals surface area contributed by atoms with Gasteiger partial charge in [0.05, 0.1) is 0 Å². The Hall–Kier alpha value is -1.00. The fourth-order valence-corrected chi connectivity index (χ4v) is 2.66. The Balaban J connectivity index is 2.03. The third-order valence-corrected chi connectivity index (χ3v) is 3.92. The molecule has 98 valence electrons. The van der Waals surface area contributed by atoms with Crippen LogP contribution in [0.4, 0.5) is 5.69 Å². The molecule has 1 aromatic carbocycles. The number of aliphatic hydroxyl groups excluding tert-OH is 1. The fourth-order valence-electron chi connectivity index (χ4n) is 2.22. The fraction of sp³-hybridized carbons (Fsp3) is 0.500. The van der Waals surface area contributed by atoms with Crippen LogP contribution in [-0.4, -0.2) is 36.2 Å². The highest BCUT2D eigenvalue weighted by molar-refractivity contribution is 7.98. The molecule has 18 heavy (non-hydrogen) atoms. The van der Waals surface area contributed by atoms with E-state index in [2.05, 4.69) is 18.4 Å². The summed E-state index contributed by atoms with van der Waals surface area (Å²) in [4.78, 5) is 13.6. The Kier molecular flexibility index (Phi) is 4.66. The van der Waals surface area contributed by atoms with E-state index in [0.717, 1.165) is 17.9 Å².